The molecule has 96 valence electrons. The van der Waals surface area contributed by atoms with Crippen LogP contribution in [0, 0.1) is 0 Å². The van der Waals surface area contributed by atoms with Gasteiger partial charge in [0.25, 0.3) is 0 Å². The first-order valence-corrected chi connectivity index (χ1v) is 5.87. The van der Waals surface area contributed by atoms with Crippen LogP contribution < -0.4 is 0 Å². The van der Waals surface area contributed by atoms with Crippen molar-refractivity contribution in [3.05, 3.63) is 48.0 Å². The van der Waals surface area contributed by atoms with Crippen molar-refractivity contribution in [1.29, 1.82) is 0 Å². The van der Waals surface area contributed by atoms with Gasteiger partial charge in [0.15, 0.2) is 12.4 Å². The molecule has 0 saturated carbocycles. The Morgan fingerprint density at radius 1 is 1.39 bits per heavy atom. The third-order valence-electron chi connectivity index (χ3n) is 2.51. The van der Waals surface area contributed by atoms with Crippen LogP contribution in [0.1, 0.15) is 12.5 Å². The molecule has 0 radical (unpaired) electrons. The molecule has 0 spiro atoms. The Hall–Kier alpha value is -1.65. The Morgan fingerprint density at radius 2 is 2.17 bits per heavy atom. The summed E-state index contributed by atoms with van der Waals surface area (Å²) in [6.07, 6.45) is 2.59. The smallest absolute Gasteiger partial charge is 0.303 e. The highest BCUT2D eigenvalue weighted by Crippen LogP contribution is 2.15. The summed E-state index contributed by atoms with van der Waals surface area (Å²) in [4.78, 5) is 11.0. The van der Waals surface area contributed by atoms with E-state index in [0.29, 0.717) is 13.2 Å². The Balaban J connectivity index is 1.90. The lowest BCUT2D eigenvalue weighted by molar-refractivity contribution is -0.203. The van der Waals surface area contributed by atoms with Crippen LogP contribution in [0.5, 0.6) is 0 Å². The van der Waals surface area contributed by atoms with Crippen molar-refractivity contribution in [3.63, 3.8) is 0 Å². The van der Waals surface area contributed by atoms with Crippen molar-refractivity contribution in [2.45, 2.75) is 25.9 Å². The van der Waals surface area contributed by atoms with Gasteiger partial charge in [-0.3, -0.25) is 4.79 Å². The van der Waals surface area contributed by atoms with Crippen molar-refractivity contribution in [1.82, 2.24) is 0 Å². The van der Waals surface area contributed by atoms with Crippen molar-refractivity contribution < 1.29 is 19.0 Å². The average molecular weight is 248 g/mol. The molecule has 1 heterocycles. The molecule has 1 aliphatic heterocycles. The summed E-state index contributed by atoms with van der Waals surface area (Å²) in [6.45, 7) is 2.27. The van der Waals surface area contributed by atoms with Crippen molar-refractivity contribution in [3.8, 4) is 0 Å². The van der Waals surface area contributed by atoms with Crippen LogP contribution in [0.2, 0.25) is 0 Å². The monoisotopic (exact) mass is 248 g/mol. The highest BCUT2D eigenvalue weighted by atomic mass is 16.7. The molecule has 4 heteroatoms. The van der Waals surface area contributed by atoms with E-state index in [-0.39, 0.29) is 5.97 Å². The molecule has 0 aromatic heterocycles. The van der Waals surface area contributed by atoms with Gasteiger partial charge in [-0.05, 0) is 11.6 Å². The number of carbonyl (C=O) groups excluding carboxylic acids is 1. The zero-order chi connectivity index (χ0) is 12.8. The lowest BCUT2D eigenvalue weighted by Gasteiger charge is -2.27. The van der Waals surface area contributed by atoms with Crippen LogP contribution in [0.4, 0.5) is 0 Å². The van der Waals surface area contributed by atoms with E-state index in [0.717, 1.165) is 5.56 Å². The molecule has 1 aliphatic rings. The second-order valence-corrected chi connectivity index (χ2v) is 4.00. The molecule has 0 bridgehead atoms. The molecule has 2 rings (SSSR count). The summed E-state index contributed by atoms with van der Waals surface area (Å²) in [5.74, 6) is -0.344. The van der Waals surface area contributed by atoms with E-state index in [1.165, 1.54) is 6.92 Å². The Labute approximate surface area is 106 Å². The maximum absolute atomic E-state index is 11.0. The zero-order valence-corrected chi connectivity index (χ0v) is 10.2. The van der Waals surface area contributed by atoms with E-state index in [2.05, 4.69) is 0 Å². The van der Waals surface area contributed by atoms with E-state index in [1.807, 2.05) is 36.4 Å². The van der Waals surface area contributed by atoms with Gasteiger partial charge in [0, 0.05) is 6.92 Å². The number of rotatable bonds is 4. The van der Waals surface area contributed by atoms with Gasteiger partial charge in [0.05, 0.1) is 13.2 Å². The van der Waals surface area contributed by atoms with Crippen LogP contribution in [0.25, 0.3) is 0 Å². The Morgan fingerprint density at radius 3 is 2.89 bits per heavy atom. The number of hydrogen-bond acceptors (Lipinski definition) is 4. The molecule has 0 aliphatic carbocycles. The molecule has 1 aromatic rings. The summed E-state index contributed by atoms with van der Waals surface area (Å²) in [7, 11) is 0. The summed E-state index contributed by atoms with van der Waals surface area (Å²) < 4.78 is 16.2. The number of hydrogen-bond donors (Lipinski definition) is 0. The zero-order valence-electron chi connectivity index (χ0n) is 10.2. The molecule has 18 heavy (non-hydrogen) atoms. The lowest BCUT2D eigenvalue weighted by Crippen LogP contribution is -2.36. The first kappa shape index (κ1) is 12.8. The lowest BCUT2D eigenvalue weighted by atomic mass is 10.2. The Kier molecular flexibility index (Phi) is 4.50. The van der Waals surface area contributed by atoms with E-state index < -0.39 is 12.4 Å². The van der Waals surface area contributed by atoms with Crippen LogP contribution in [0.15, 0.2) is 42.5 Å². The number of carbonyl (C=O) groups is 1. The summed E-state index contributed by atoms with van der Waals surface area (Å²) in [5.41, 5.74) is 1.05. The van der Waals surface area contributed by atoms with Gasteiger partial charge >= 0.3 is 5.97 Å². The summed E-state index contributed by atoms with van der Waals surface area (Å²) in [5, 5.41) is 0. The Bertz CT molecular complexity index is 413. The molecule has 0 unspecified atom stereocenters. The minimum Gasteiger partial charge on any atom is -0.453 e. The molecular formula is C14H16O4. The maximum atomic E-state index is 11.0. The van der Waals surface area contributed by atoms with Crippen LogP contribution in [-0.4, -0.2) is 25.0 Å². The van der Waals surface area contributed by atoms with E-state index in [4.69, 9.17) is 14.2 Å². The topological polar surface area (TPSA) is 44.8 Å². The molecule has 1 aromatic carbocycles. The van der Waals surface area contributed by atoms with Crippen LogP contribution in [0.3, 0.4) is 0 Å². The summed E-state index contributed by atoms with van der Waals surface area (Å²) in [6, 6.07) is 9.79. The normalized spacial score (nSPS) is 22.7. The van der Waals surface area contributed by atoms with Gasteiger partial charge < -0.3 is 14.2 Å². The van der Waals surface area contributed by atoms with Crippen LogP contribution in [-0.2, 0) is 25.6 Å². The van der Waals surface area contributed by atoms with Gasteiger partial charge in [0.1, 0.15) is 0 Å². The van der Waals surface area contributed by atoms with Crippen LogP contribution >= 0.6 is 0 Å². The first-order chi connectivity index (χ1) is 8.75. The first-order valence-electron chi connectivity index (χ1n) is 5.87. The highest BCUT2D eigenvalue weighted by molar-refractivity contribution is 5.66. The fourth-order valence-corrected chi connectivity index (χ4v) is 1.71. The predicted molar refractivity (Wildman–Crippen MR) is 65.7 cm³/mol. The quantitative estimate of drug-likeness (QED) is 0.604. The van der Waals surface area contributed by atoms with E-state index in [9.17, 15) is 4.79 Å². The van der Waals surface area contributed by atoms with Crippen molar-refractivity contribution >= 4 is 5.97 Å². The minimum atomic E-state index is -0.542. The number of esters is 1. The maximum Gasteiger partial charge on any atom is 0.303 e. The SMILES string of the molecule is CC(=O)O[C@H]1C=CCO[C@H]1OCc1ccccc1. The van der Waals surface area contributed by atoms with Gasteiger partial charge in [-0.1, -0.05) is 36.4 Å². The highest BCUT2D eigenvalue weighted by Gasteiger charge is 2.25. The second-order valence-electron chi connectivity index (χ2n) is 4.00. The van der Waals surface area contributed by atoms with Crippen molar-refractivity contribution in [2.75, 3.05) is 6.61 Å². The molecule has 4 nitrogen and oxygen atoms in total. The predicted octanol–water partition coefficient (Wildman–Crippen LogP) is 2.05. The van der Waals surface area contributed by atoms with Gasteiger partial charge in [-0.2, -0.15) is 0 Å². The number of benzene rings is 1. The molecule has 0 N–H and O–H groups in total. The molecular weight excluding hydrogens is 232 g/mol. The second kappa shape index (κ2) is 6.33. The third kappa shape index (κ3) is 3.68. The van der Waals surface area contributed by atoms with Gasteiger partial charge in [-0.15, -0.1) is 0 Å². The molecule has 0 saturated heterocycles. The minimum absolute atomic E-state index is 0.344. The van der Waals surface area contributed by atoms with Crippen molar-refractivity contribution in [2.24, 2.45) is 0 Å². The molecule has 0 fully saturated rings. The standard InChI is InChI=1S/C14H16O4/c1-11(15)18-13-8-5-9-16-14(13)17-10-12-6-3-2-4-7-12/h2-8,13-14H,9-10H2,1H3/t13-,14-/m0/s1. The fourth-order valence-electron chi connectivity index (χ4n) is 1.71. The van der Waals surface area contributed by atoms with Gasteiger partial charge in [0.2, 0.25) is 0 Å². The fraction of sp³-hybridized carbons (Fsp3) is 0.357. The average Bonchev–Trinajstić information content (AvgIpc) is 2.38. The van der Waals surface area contributed by atoms with E-state index in [1.54, 1.807) is 6.08 Å². The van der Waals surface area contributed by atoms with E-state index >= 15 is 0 Å². The van der Waals surface area contributed by atoms with Gasteiger partial charge in [-0.25, -0.2) is 0 Å². The third-order valence-corrected chi connectivity index (χ3v) is 2.51. The molecule has 0 amide bonds. The largest absolute Gasteiger partial charge is 0.453 e. The molecule has 2 atom stereocenters. The summed E-state index contributed by atoms with van der Waals surface area (Å²) >= 11 is 0. The number of ether oxygens (including phenoxy) is 3.